The third kappa shape index (κ3) is 2.20. The zero-order valence-electron chi connectivity index (χ0n) is 8.99. The van der Waals surface area contributed by atoms with Crippen molar-refractivity contribution in [3.8, 4) is 11.3 Å². The molecule has 0 aromatic carbocycles. The molecule has 0 N–H and O–H groups in total. The van der Waals surface area contributed by atoms with Crippen LogP contribution < -0.4 is 0 Å². The largest absolute Gasteiger partial charge is 0.609 e. The molecule has 0 saturated heterocycles. The van der Waals surface area contributed by atoms with Gasteiger partial charge in [0.05, 0.1) is 12.4 Å². The average Bonchev–Trinajstić information content (AvgIpc) is 2.77. The molecule has 84 valence electrons. The zero-order chi connectivity index (χ0) is 11.5. The van der Waals surface area contributed by atoms with Crippen LogP contribution in [0.1, 0.15) is 6.92 Å². The fourth-order valence-electron chi connectivity index (χ4n) is 1.20. The van der Waals surface area contributed by atoms with Crippen LogP contribution >= 0.6 is 0 Å². The van der Waals surface area contributed by atoms with Crippen molar-refractivity contribution in [2.75, 3.05) is 6.26 Å². The van der Waals surface area contributed by atoms with Crippen molar-refractivity contribution in [3.05, 3.63) is 18.6 Å². The molecular weight excluding hydrogens is 226 g/mol. The highest BCUT2D eigenvalue weighted by molar-refractivity contribution is 7.90. The molecule has 0 aliphatic rings. The maximum absolute atomic E-state index is 11.1. The maximum atomic E-state index is 11.1. The number of hydrogen-bond donors (Lipinski definition) is 0. The van der Waals surface area contributed by atoms with Gasteiger partial charge in [-0.1, -0.05) is 5.10 Å². The van der Waals surface area contributed by atoms with Gasteiger partial charge in [-0.25, -0.2) is 0 Å². The number of nitrogens with zero attached hydrogens (tertiary/aromatic N) is 5. The summed E-state index contributed by atoms with van der Waals surface area (Å²) in [5.74, 6) is 0. The van der Waals surface area contributed by atoms with Gasteiger partial charge in [0.25, 0.3) is 0 Å². The second-order valence-electron chi connectivity index (χ2n) is 3.16. The molecule has 0 amide bonds. The van der Waals surface area contributed by atoms with Gasteiger partial charge >= 0.3 is 5.16 Å². The van der Waals surface area contributed by atoms with Gasteiger partial charge in [0.2, 0.25) is 0 Å². The zero-order valence-corrected chi connectivity index (χ0v) is 9.81. The molecule has 0 aliphatic heterocycles. The van der Waals surface area contributed by atoms with Gasteiger partial charge in [0, 0.05) is 29.5 Å². The standard InChI is InChI=1S/C9H11N5OS/c1-3-14-6-7(4-11-14)8-5-10-9(13-12-8)16(2)15/h4-6H,3H2,1-2H3. The molecule has 16 heavy (non-hydrogen) atoms. The van der Waals surface area contributed by atoms with Crippen LogP contribution in [0, 0.1) is 0 Å². The van der Waals surface area contributed by atoms with E-state index in [-0.39, 0.29) is 5.16 Å². The molecule has 0 bridgehead atoms. The van der Waals surface area contributed by atoms with Gasteiger partial charge in [0.1, 0.15) is 11.9 Å². The quantitative estimate of drug-likeness (QED) is 0.726. The van der Waals surface area contributed by atoms with E-state index in [2.05, 4.69) is 20.3 Å². The molecule has 2 heterocycles. The summed E-state index contributed by atoms with van der Waals surface area (Å²) < 4.78 is 12.9. The lowest BCUT2D eigenvalue weighted by Crippen LogP contribution is -2.05. The van der Waals surface area contributed by atoms with Crippen molar-refractivity contribution < 1.29 is 4.55 Å². The molecule has 1 unspecified atom stereocenters. The molecule has 0 radical (unpaired) electrons. The first-order valence-electron chi connectivity index (χ1n) is 4.76. The topological polar surface area (TPSA) is 79.5 Å². The van der Waals surface area contributed by atoms with Gasteiger partial charge in [-0.05, 0) is 6.92 Å². The Morgan fingerprint density at radius 3 is 2.69 bits per heavy atom. The Morgan fingerprint density at radius 1 is 1.38 bits per heavy atom. The summed E-state index contributed by atoms with van der Waals surface area (Å²) in [5, 5.41) is 12.1. The Kier molecular flexibility index (Phi) is 3.16. The van der Waals surface area contributed by atoms with E-state index >= 15 is 0 Å². The number of hydrogen-bond acceptors (Lipinski definition) is 5. The predicted molar refractivity (Wildman–Crippen MR) is 59.1 cm³/mol. The first kappa shape index (κ1) is 11.0. The molecule has 0 saturated carbocycles. The molecule has 2 aromatic rings. The minimum Gasteiger partial charge on any atom is -0.609 e. The van der Waals surface area contributed by atoms with Crippen molar-refractivity contribution in [1.82, 2.24) is 25.0 Å². The van der Waals surface area contributed by atoms with E-state index in [0.717, 1.165) is 12.1 Å². The second-order valence-corrected chi connectivity index (χ2v) is 4.44. The highest BCUT2D eigenvalue weighted by Gasteiger charge is 2.10. The minimum atomic E-state index is -1.20. The van der Waals surface area contributed by atoms with Crippen LogP contribution in [-0.2, 0) is 17.7 Å². The second kappa shape index (κ2) is 4.58. The summed E-state index contributed by atoms with van der Waals surface area (Å²) in [7, 11) is 0. The first-order chi connectivity index (χ1) is 7.70. The lowest BCUT2D eigenvalue weighted by molar-refractivity contribution is 0.588. The Hall–Kier alpha value is -1.47. The predicted octanol–water partition coefficient (Wildman–Crippen LogP) is 0.492. The van der Waals surface area contributed by atoms with E-state index in [4.69, 9.17) is 0 Å². The van der Waals surface area contributed by atoms with E-state index < -0.39 is 11.2 Å². The minimum absolute atomic E-state index is 0.242. The van der Waals surface area contributed by atoms with Crippen LogP contribution in [0.4, 0.5) is 0 Å². The maximum Gasteiger partial charge on any atom is 0.361 e. The van der Waals surface area contributed by atoms with Crippen molar-refractivity contribution in [3.63, 3.8) is 0 Å². The fourth-order valence-corrected chi connectivity index (χ4v) is 1.55. The number of rotatable bonds is 3. The van der Waals surface area contributed by atoms with E-state index in [9.17, 15) is 4.55 Å². The van der Waals surface area contributed by atoms with Gasteiger partial charge in [-0.3, -0.25) is 4.68 Å². The average molecular weight is 237 g/mol. The van der Waals surface area contributed by atoms with Gasteiger partial charge < -0.3 is 4.55 Å². The van der Waals surface area contributed by atoms with Crippen molar-refractivity contribution in [2.24, 2.45) is 0 Å². The summed E-state index contributed by atoms with van der Waals surface area (Å²) in [5.41, 5.74) is 1.49. The third-order valence-electron chi connectivity index (χ3n) is 2.05. The summed E-state index contributed by atoms with van der Waals surface area (Å²) >= 11 is -1.20. The first-order valence-corrected chi connectivity index (χ1v) is 6.32. The van der Waals surface area contributed by atoms with Crippen LogP contribution in [0.15, 0.2) is 23.7 Å². The lowest BCUT2D eigenvalue weighted by atomic mass is 10.3. The summed E-state index contributed by atoms with van der Waals surface area (Å²) in [6.45, 7) is 2.81. The third-order valence-corrected chi connectivity index (χ3v) is 2.75. The van der Waals surface area contributed by atoms with E-state index in [1.165, 1.54) is 6.26 Å². The summed E-state index contributed by atoms with van der Waals surface area (Å²) in [6, 6.07) is 0. The summed E-state index contributed by atoms with van der Waals surface area (Å²) in [4.78, 5) is 3.98. The number of aromatic nitrogens is 5. The molecule has 0 aliphatic carbocycles. The van der Waals surface area contributed by atoms with Crippen LogP contribution in [-0.4, -0.2) is 35.8 Å². The van der Waals surface area contributed by atoms with Gasteiger partial charge in [-0.15, -0.1) is 5.10 Å². The van der Waals surface area contributed by atoms with E-state index in [0.29, 0.717) is 5.69 Å². The molecule has 2 aromatic heterocycles. The van der Waals surface area contributed by atoms with E-state index in [1.54, 1.807) is 17.1 Å². The summed E-state index contributed by atoms with van der Waals surface area (Å²) in [6.07, 6.45) is 6.65. The molecule has 7 heteroatoms. The van der Waals surface area contributed by atoms with Crippen molar-refractivity contribution >= 4 is 11.2 Å². The number of aryl methyl sites for hydroxylation is 1. The molecule has 6 nitrogen and oxygen atoms in total. The SMILES string of the molecule is CCn1cc(-c2cnc([S+](C)[O-])nn2)cn1. The molecule has 0 fully saturated rings. The van der Waals surface area contributed by atoms with Crippen LogP contribution in [0.5, 0.6) is 0 Å². The van der Waals surface area contributed by atoms with Crippen molar-refractivity contribution in [2.45, 2.75) is 18.6 Å². The molecule has 0 spiro atoms. The monoisotopic (exact) mass is 237 g/mol. The Bertz CT molecular complexity index is 467. The van der Waals surface area contributed by atoms with Gasteiger partial charge in [-0.2, -0.15) is 10.1 Å². The van der Waals surface area contributed by atoms with Crippen molar-refractivity contribution in [1.29, 1.82) is 0 Å². The normalized spacial score (nSPS) is 12.7. The van der Waals surface area contributed by atoms with Crippen LogP contribution in [0.2, 0.25) is 0 Å². The van der Waals surface area contributed by atoms with E-state index in [1.807, 2.05) is 13.1 Å². The van der Waals surface area contributed by atoms with Crippen LogP contribution in [0.3, 0.4) is 0 Å². The Morgan fingerprint density at radius 2 is 2.19 bits per heavy atom. The molecule has 1 atom stereocenters. The Labute approximate surface area is 95.9 Å². The smallest absolute Gasteiger partial charge is 0.361 e. The highest BCUT2D eigenvalue weighted by Crippen LogP contribution is 2.14. The highest BCUT2D eigenvalue weighted by atomic mass is 32.2. The molecular formula is C9H11N5OS. The molecule has 2 rings (SSSR count). The van der Waals surface area contributed by atoms with Gasteiger partial charge in [0.15, 0.2) is 0 Å². The fraction of sp³-hybridized carbons (Fsp3) is 0.333. The van der Waals surface area contributed by atoms with Crippen LogP contribution in [0.25, 0.3) is 11.3 Å². The Balaban J connectivity index is 2.27. The lowest BCUT2D eigenvalue weighted by Gasteiger charge is -2.00.